The molecule has 0 radical (unpaired) electrons. The third-order valence-corrected chi connectivity index (χ3v) is 2.99. The fourth-order valence-corrected chi connectivity index (χ4v) is 1.97. The third-order valence-electron chi connectivity index (χ3n) is 2.99. The zero-order valence-corrected chi connectivity index (χ0v) is 14.4. The minimum absolute atomic E-state index is 0.0183. The van der Waals surface area contributed by atoms with E-state index in [-0.39, 0.29) is 12.3 Å². The molecule has 0 heterocycles. The Bertz CT molecular complexity index is 620. The second-order valence-electron chi connectivity index (χ2n) is 5.54. The van der Waals surface area contributed by atoms with Gasteiger partial charge in [0.1, 0.15) is 0 Å². The Morgan fingerprint density at radius 3 is 2.36 bits per heavy atom. The molecule has 6 nitrogen and oxygen atoms in total. The topological polar surface area (TPSA) is 76.7 Å². The van der Waals surface area contributed by atoms with Gasteiger partial charge < -0.3 is 14.8 Å². The van der Waals surface area contributed by atoms with Crippen molar-refractivity contribution >= 4 is 17.7 Å². The maximum absolute atomic E-state index is 13.8. The first-order valence-corrected chi connectivity index (χ1v) is 7.59. The summed E-state index contributed by atoms with van der Waals surface area (Å²) in [6.07, 6.45) is -7.27. The molecule has 0 bridgehead atoms. The van der Waals surface area contributed by atoms with Crippen LogP contribution >= 0.6 is 0 Å². The van der Waals surface area contributed by atoms with Gasteiger partial charge in [-0.05, 0) is 45.4 Å². The lowest BCUT2D eigenvalue weighted by Crippen LogP contribution is -2.69. The minimum Gasteiger partial charge on any atom is -0.463 e. The maximum Gasteiger partial charge on any atom is 0.442 e. The van der Waals surface area contributed by atoms with Gasteiger partial charge in [-0.3, -0.25) is 5.32 Å². The molecule has 1 amide bonds. The van der Waals surface area contributed by atoms with Crippen LogP contribution in [0.25, 0.3) is 0 Å². The van der Waals surface area contributed by atoms with Gasteiger partial charge in [-0.15, -0.1) is 0 Å². The fourth-order valence-electron chi connectivity index (χ4n) is 1.97. The van der Waals surface area contributed by atoms with E-state index in [0.717, 1.165) is 0 Å². The SMILES string of the molecule is CCOC(=O)C(NC(=O)OC(C)C)(Nc1cccc(C)c1)C(F)(F)F. The number of hydrogen-bond donors (Lipinski definition) is 2. The van der Waals surface area contributed by atoms with Crippen molar-refractivity contribution in [2.45, 2.75) is 45.6 Å². The Morgan fingerprint density at radius 2 is 1.88 bits per heavy atom. The standard InChI is InChI=1S/C16H21F3N2O4/c1-5-24-13(22)15(16(17,18)19,21-14(23)25-10(2)3)20-12-8-6-7-11(4)9-12/h6-10,20H,5H2,1-4H3,(H,21,23). The zero-order valence-electron chi connectivity index (χ0n) is 14.4. The molecule has 0 aliphatic rings. The predicted molar refractivity (Wildman–Crippen MR) is 85.0 cm³/mol. The summed E-state index contributed by atoms with van der Waals surface area (Å²) in [5, 5.41) is 3.63. The summed E-state index contributed by atoms with van der Waals surface area (Å²) in [4.78, 5) is 23.9. The van der Waals surface area contributed by atoms with Gasteiger partial charge >= 0.3 is 23.9 Å². The summed E-state index contributed by atoms with van der Waals surface area (Å²) >= 11 is 0. The Labute approximate surface area is 143 Å². The third kappa shape index (κ3) is 5.27. The van der Waals surface area contributed by atoms with Crippen LogP contribution in [-0.2, 0) is 14.3 Å². The summed E-state index contributed by atoms with van der Waals surface area (Å²) in [6.45, 7) is 5.66. The van der Waals surface area contributed by atoms with E-state index in [4.69, 9.17) is 4.74 Å². The van der Waals surface area contributed by atoms with E-state index in [1.807, 2.05) is 0 Å². The van der Waals surface area contributed by atoms with Crippen molar-refractivity contribution in [3.05, 3.63) is 29.8 Å². The first-order valence-electron chi connectivity index (χ1n) is 7.59. The number of halogens is 3. The highest BCUT2D eigenvalue weighted by Crippen LogP contribution is 2.33. The molecular formula is C16H21F3N2O4. The number of esters is 1. The number of anilines is 1. The Hall–Kier alpha value is -2.45. The van der Waals surface area contributed by atoms with E-state index in [0.29, 0.717) is 5.56 Å². The molecular weight excluding hydrogens is 341 g/mol. The van der Waals surface area contributed by atoms with Crippen LogP contribution in [0.15, 0.2) is 24.3 Å². The summed E-state index contributed by atoms with van der Waals surface area (Å²) in [7, 11) is 0. The first-order chi connectivity index (χ1) is 11.5. The van der Waals surface area contributed by atoms with Gasteiger partial charge in [-0.1, -0.05) is 12.1 Å². The molecule has 0 aliphatic carbocycles. The van der Waals surface area contributed by atoms with Gasteiger partial charge in [-0.2, -0.15) is 13.2 Å². The summed E-state index contributed by atoms with van der Waals surface area (Å²) in [5.74, 6) is -1.69. The number of amides is 1. The normalized spacial score (nSPS) is 13.8. The number of ether oxygens (including phenoxy) is 2. The van der Waals surface area contributed by atoms with Crippen LogP contribution in [0.2, 0.25) is 0 Å². The summed E-state index contributed by atoms with van der Waals surface area (Å²) in [5.41, 5.74) is -2.84. The molecule has 1 rings (SSSR count). The van der Waals surface area contributed by atoms with Crippen molar-refractivity contribution in [3.63, 3.8) is 0 Å². The van der Waals surface area contributed by atoms with Crippen molar-refractivity contribution in [1.82, 2.24) is 5.32 Å². The lowest BCUT2D eigenvalue weighted by molar-refractivity contribution is -0.205. The number of nitrogens with one attached hydrogen (secondary N) is 2. The molecule has 0 fully saturated rings. The quantitative estimate of drug-likeness (QED) is 0.599. The van der Waals surface area contributed by atoms with Crippen LogP contribution in [0.3, 0.4) is 0 Å². The van der Waals surface area contributed by atoms with E-state index in [9.17, 15) is 22.8 Å². The average Bonchev–Trinajstić information content (AvgIpc) is 2.44. The number of alkyl carbamates (subject to hydrolysis) is 1. The Morgan fingerprint density at radius 1 is 1.24 bits per heavy atom. The molecule has 1 aromatic rings. The van der Waals surface area contributed by atoms with Gasteiger partial charge in [0.2, 0.25) is 0 Å². The second-order valence-corrected chi connectivity index (χ2v) is 5.54. The Balaban J connectivity index is 3.33. The molecule has 140 valence electrons. The molecule has 1 unspecified atom stereocenters. The highest BCUT2D eigenvalue weighted by atomic mass is 19.4. The number of hydrogen-bond acceptors (Lipinski definition) is 5. The molecule has 2 N–H and O–H groups in total. The van der Waals surface area contributed by atoms with Crippen LogP contribution < -0.4 is 10.6 Å². The van der Waals surface area contributed by atoms with Gasteiger partial charge in [0.05, 0.1) is 12.7 Å². The van der Waals surface area contributed by atoms with E-state index >= 15 is 0 Å². The monoisotopic (exact) mass is 362 g/mol. The molecule has 0 spiro atoms. The van der Waals surface area contributed by atoms with E-state index in [1.165, 1.54) is 39.0 Å². The van der Waals surface area contributed by atoms with Gasteiger partial charge in [0.25, 0.3) is 0 Å². The highest BCUT2D eigenvalue weighted by Gasteiger charge is 2.64. The zero-order chi connectivity index (χ0) is 19.3. The average molecular weight is 362 g/mol. The number of carbonyl (C=O) groups excluding carboxylic acids is 2. The molecule has 25 heavy (non-hydrogen) atoms. The van der Waals surface area contributed by atoms with Gasteiger partial charge in [-0.25, -0.2) is 9.59 Å². The van der Waals surface area contributed by atoms with Crippen molar-refractivity contribution in [2.75, 3.05) is 11.9 Å². The Kier molecular flexibility index (Phi) is 6.66. The van der Waals surface area contributed by atoms with Crippen molar-refractivity contribution in [1.29, 1.82) is 0 Å². The smallest absolute Gasteiger partial charge is 0.442 e. The van der Waals surface area contributed by atoms with E-state index in [2.05, 4.69) is 10.1 Å². The number of alkyl halides is 3. The molecule has 0 saturated carbocycles. The van der Waals surface area contributed by atoms with Crippen molar-refractivity contribution in [3.8, 4) is 0 Å². The largest absolute Gasteiger partial charge is 0.463 e. The van der Waals surface area contributed by atoms with Crippen molar-refractivity contribution < 1.29 is 32.2 Å². The predicted octanol–water partition coefficient (Wildman–Crippen LogP) is 3.36. The molecule has 0 aromatic heterocycles. The highest BCUT2D eigenvalue weighted by molar-refractivity contribution is 5.89. The van der Waals surface area contributed by atoms with Gasteiger partial charge in [0.15, 0.2) is 0 Å². The fraction of sp³-hybridized carbons (Fsp3) is 0.500. The van der Waals surface area contributed by atoms with Crippen LogP contribution in [0.1, 0.15) is 26.3 Å². The minimum atomic E-state index is -5.20. The first kappa shape index (κ1) is 20.6. The van der Waals surface area contributed by atoms with E-state index < -0.39 is 30.0 Å². The van der Waals surface area contributed by atoms with E-state index in [1.54, 1.807) is 18.3 Å². The number of aryl methyl sites for hydroxylation is 1. The lowest BCUT2D eigenvalue weighted by atomic mass is 10.1. The van der Waals surface area contributed by atoms with Crippen LogP contribution in [-0.4, -0.2) is 36.6 Å². The molecule has 0 aliphatic heterocycles. The lowest BCUT2D eigenvalue weighted by Gasteiger charge is -2.35. The maximum atomic E-state index is 13.8. The molecule has 0 saturated heterocycles. The molecule has 1 aromatic carbocycles. The number of carbonyl (C=O) groups is 2. The summed E-state index contributed by atoms with van der Waals surface area (Å²) < 4.78 is 50.6. The number of benzene rings is 1. The number of rotatable bonds is 6. The van der Waals surface area contributed by atoms with Crippen LogP contribution in [0, 0.1) is 6.92 Å². The van der Waals surface area contributed by atoms with Crippen molar-refractivity contribution in [2.24, 2.45) is 0 Å². The molecule has 9 heteroatoms. The van der Waals surface area contributed by atoms with Crippen LogP contribution in [0.4, 0.5) is 23.7 Å². The summed E-state index contributed by atoms with van der Waals surface area (Å²) in [6, 6.07) is 5.92. The second kappa shape index (κ2) is 8.09. The molecule has 1 atom stereocenters. The van der Waals surface area contributed by atoms with Gasteiger partial charge in [0, 0.05) is 5.69 Å². The van der Waals surface area contributed by atoms with Crippen LogP contribution in [0.5, 0.6) is 0 Å².